The minimum Gasteiger partial charge on any atom is -0.480 e. The van der Waals surface area contributed by atoms with Crippen LogP contribution in [0.3, 0.4) is 0 Å². The van der Waals surface area contributed by atoms with Gasteiger partial charge in [-0.2, -0.15) is 0 Å². The quantitative estimate of drug-likeness (QED) is 0.845. The summed E-state index contributed by atoms with van der Waals surface area (Å²) in [4.78, 5) is 26.1. The SMILES string of the molecule is CC(C)CN(CC(=O)O)C(=O)N(C)Cc1csc(Br)c1. The van der Waals surface area contributed by atoms with E-state index in [9.17, 15) is 9.59 Å². The minimum absolute atomic E-state index is 0.224. The first-order chi connectivity index (χ1) is 9.29. The van der Waals surface area contributed by atoms with Gasteiger partial charge in [0.15, 0.2) is 0 Å². The van der Waals surface area contributed by atoms with Crippen molar-refractivity contribution in [2.75, 3.05) is 20.1 Å². The summed E-state index contributed by atoms with van der Waals surface area (Å²) in [6.45, 7) is 4.54. The molecule has 0 spiro atoms. The standard InChI is InChI=1S/C13H19BrN2O3S/c1-9(2)5-16(7-12(17)18)13(19)15(3)6-10-4-11(14)20-8-10/h4,8-9H,5-7H2,1-3H3,(H,17,18). The molecule has 0 aromatic carbocycles. The van der Waals surface area contributed by atoms with Gasteiger partial charge in [-0.05, 0) is 38.9 Å². The van der Waals surface area contributed by atoms with Crippen molar-refractivity contribution in [3.63, 3.8) is 0 Å². The van der Waals surface area contributed by atoms with Gasteiger partial charge in [0.05, 0.1) is 3.79 Å². The molecule has 112 valence electrons. The molecule has 1 heterocycles. The molecular weight excluding hydrogens is 344 g/mol. The van der Waals surface area contributed by atoms with Crippen molar-refractivity contribution in [3.05, 3.63) is 20.8 Å². The van der Waals surface area contributed by atoms with Crippen LogP contribution in [0, 0.1) is 5.92 Å². The van der Waals surface area contributed by atoms with Crippen LogP contribution in [-0.4, -0.2) is 47.0 Å². The lowest BCUT2D eigenvalue weighted by Gasteiger charge is -2.28. The van der Waals surface area contributed by atoms with Crippen molar-refractivity contribution in [3.8, 4) is 0 Å². The van der Waals surface area contributed by atoms with Gasteiger partial charge in [0, 0.05) is 20.1 Å². The van der Waals surface area contributed by atoms with Crippen LogP contribution in [0.1, 0.15) is 19.4 Å². The summed E-state index contributed by atoms with van der Waals surface area (Å²) in [6.07, 6.45) is 0. The molecule has 5 nitrogen and oxygen atoms in total. The van der Waals surface area contributed by atoms with Gasteiger partial charge in [-0.3, -0.25) is 4.79 Å². The molecule has 0 aliphatic carbocycles. The van der Waals surface area contributed by atoms with E-state index in [1.54, 1.807) is 23.3 Å². The Morgan fingerprint density at radius 3 is 2.55 bits per heavy atom. The number of carboxylic acid groups (broad SMARTS) is 1. The molecule has 2 amide bonds. The highest BCUT2D eigenvalue weighted by molar-refractivity contribution is 9.11. The van der Waals surface area contributed by atoms with Gasteiger partial charge in [-0.1, -0.05) is 13.8 Å². The van der Waals surface area contributed by atoms with Gasteiger partial charge in [0.1, 0.15) is 6.54 Å². The molecule has 20 heavy (non-hydrogen) atoms. The van der Waals surface area contributed by atoms with Gasteiger partial charge in [0.25, 0.3) is 0 Å². The van der Waals surface area contributed by atoms with Crippen molar-refractivity contribution in [2.24, 2.45) is 5.92 Å². The summed E-state index contributed by atoms with van der Waals surface area (Å²) in [7, 11) is 1.68. The van der Waals surface area contributed by atoms with Crippen LogP contribution in [0.15, 0.2) is 15.2 Å². The predicted molar refractivity (Wildman–Crippen MR) is 82.9 cm³/mol. The minimum atomic E-state index is -0.995. The average molecular weight is 363 g/mol. The van der Waals surface area contributed by atoms with E-state index in [0.29, 0.717) is 13.1 Å². The first kappa shape index (κ1) is 17.0. The fraction of sp³-hybridized carbons (Fsp3) is 0.538. The Labute approximate surface area is 131 Å². The third kappa shape index (κ3) is 5.50. The predicted octanol–water partition coefficient (Wildman–Crippen LogP) is 3.11. The van der Waals surface area contributed by atoms with E-state index in [2.05, 4.69) is 15.9 Å². The Morgan fingerprint density at radius 1 is 1.45 bits per heavy atom. The first-order valence-corrected chi connectivity index (χ1v) is 7.91. The van der Waals surface area contributed by atoms with E-state index in [1.165, 1.54) is 4.90 Å². The van der Waals surface area contributed by atoms with Crippen molar-refractivity contribution in [2.45, 2.75) is 20.4 Å². The molecule has 0 radical (unpaired) electrons. The molecule has 0 aliphatic heterocycles. The summed E-state index contributed by atoms with van der Waals surface area (Å²) < 4.78 is 1.01. The molecular formula is C13H19BrN2O3S. The average Bonchev–Trinajstić information content (AvgIpc) is 2.71. The number of rotatable bonds is 6. The summed E-state index contributed by atoms with van der Waals surface area (Å²) >= 11 is 4.94. The number of carbonyl (C=O) groups excluding carboxylic acids is 1. The van der Waals surface area contributed by atoms with Crippen LogP contribution in [0.25, 0.3) is 0 Å². The van der Waals surface area contributed by atoms with Crippen LogP contribution in [0.2, 0.25) is 0 Å². The highest BCUT2D eigenvalue weighted by atomic mass is 79.9. The third-order valence-electron chi connectivity index (χ3n) is 2.55. The van der Waals surface area contributed by atoms with E-state index in [4.69, 9.17) is 5.11 Å². The lowest BCUT2D eigenvalue weighted by atomic mass is 10.2. The molecule has 0 bridgehead atoms. The van der Waals surface area contributed by atoms with Crippen molar-refractivity contribution in [1.29, 1.82) is 0 Å². The summed E-state index contributed by atoms with van der Waals surface area (Å²) in [5, 5.41) is 10.9. The monoisotopic (exact) mass is 362 g/mol. The second kappa shape index (κ2) is 7.64. The van der Waals surface area contributed by atoms with Gasteiger partial charge >= 0.3 is 12.0 Å². The number of nitrogens with zero attached hydrogens (tertiary/aromatic N) is 2. The Kier molecular flexibility index (Phi) is 6.48. The third-order valence-corrected chi connectivity index (χ3v) is 4.10. The maximum atomic E-state index is 12.3. The number of carboxylic acids is 1. The molecule has 0 atom stereocenters. The summed E-state index contributed by atoms with van der Waals surface area (Å²) in [6, 6.07) is 1.70. The Bertz CT molecular complexity index is 476. The van der Waals surface area contributed by atoms with E-state index in [-0.39, 0.29) is 18.5 Å². The first-order valence-electron chi connectivity index (χ1n) is 6.24. The van der Waals surface area contributed by atoms with Crippen molar-refractivity contribution in [1.82, 2.24) is 9.80 Å². The molecule has 0 unspecified atom stereocenters. The highest BCUT2D eigenvalue weighted by Crippen LogP contribution is 2.21. The fourth-order valence-electron chi connectivity index (χ4n) is 1.83. The number of aliphatic carboxylic acids is 1. The van der Waals surface area contributed by atoms with Crippen LogP contribution in [-0.2, 0) is 11.3 Å². The Hall–Kier alpha value is -1.08. The molecule has 7 heteroatoms. The van der Waals surface area contributed by atoms with Crippen LogP contribution < -0.4 is 0 Å². The zero-order valence-electron chi connectivity index (χ0n) is 11.8. The second-order valence-electron chi connectivity index (χ2n) is 5.07. The number of hydrogen-bond acceptors (Lipinski definition) is 3. The maximum Gasteiger partial charge on any atom is 0.323 e. The molecule has 1 N–H and O–H groups in total. The molecule has 1 aromatic heterocycles. The van der Waals surface area contributed by atoms with Crippen LogP contribution >= 0.6 is 27.3 Å². The number of halogens is 1. The normalized spacial score (nSPS) is 10.7. The lowest BCUT2D eigenvalue weighted by Crippen LogP contribution is -2.45. The molecule has 0 aliphatic rings. The number of urea groups is 1. The van der Waals surface area contributed by atoms with Crippen LogP contribution in [0.4, 0.5) is 4.79 Å². The Balaban J connectivity index is 2.69. The van der Waals surface area contributed by atoms with E-state index in [0.717, 1.165) is 9.35 Å². The summed E-state index contributed by atoms with van der Waals surface area (Å²) in [5.41, 5.74) is 1.03. The zero-order valence-corrected chi connectivity index (χ0v) is 14.2. The Morgan fingerprint density at radius 2 is 2.10 bits per heavy atom. The fourth-order valence-corrected chi connectivity index (χ4v) is 3.03. The number of hydrogen-bond donors (Lipinski definition) is 1. The van der Waals surface area contributed by atoms with Crippen LogP contribution in [0.5, 0.6) is 0 Å². The van der Waals surface area contributed by atoms with E-state index < -0.39 is 5.97 Å². The smallest absolute Gasteiger partial charge is 0.323 e. The largest absolute Gasteiger partial charge is 0.480 e. The second-order valence-corrected chi connectivity index (χ2v) is 7.36. The van der Waals surface area contributed by atoms with Gasteiger partial charge in [0.2, 0.25) is 0 Å². The number of thiophene rings is 1. The zero-order chi connectivity index (χ0) is 15.3. The van der Waals surface area contributed by atoms with E-state index in [1.807, 2.05) is 25.3 Å². The van der Waals surface area contributed by atoms with Gasteiger partial charge < -0.3 is 14.9 Å². The van der Waals surface area contributed by atoms with Crippen molar-refractivity contribution >= 4 is 39.3 Å². The highest BCUT2D eigenvalue weighted by Gasteiger charge is 2.21. The molecule has 0 saturated heterocycles. The molecule has 0 saturated carbocycles. The molecule has 0 fully saturated rings. The summed E-state index contributed by atoms with van der Waals surface area (Å²) in [5.74, 6) is -0.771. The number of carbonyl (C=O) groups is 2. The molecule has 1 rings (SSSR count). The topological polar surface area (TPSA) is 60.9 Å². The van der Waals surface area contributed by atoms with E-state index >= 15 is 0 Å². The number of amides is 2. The molecule has 1 aromatic rings. The van der Waals surface area contributed by atoms with Crippen molar-refractivity contribution < 1.29 is 14.7 Å². The lowest BCUT2D eigenvalue weighted by molar-refractivity contribution is -0.137. The van der Waals surface area contributed by atoms with Gasteiger partial charge in [-0.15, -0.1) is 11.3 Å². The maximum absolute atomic E-state index is 12.3. The van der Waals surface area contributed by atoms with Gasteiger partial charge in [-0.25, -0.2) is 4.79 Å².